The van der Waals surface area contributed by atoms with Gasteiger partial charge in [0.15, 0.2) is 5.96 Å². The molecule has 0 radical (unpaired) electrons. The number of methoxy groups -OCH3 is 2. The summed E-state index contributed by atoms with van der Waals surface area (Å²) >= 11 is 0. The first kappa shape index (κ1) is 22.1. The van der Waals surface area contributed by atoms with E-state index in [2.05, 4.69) is 50.9 Å². The largest absolute Gasteiger partial charge is 0.497 e. The molecule has 2 aliphatic heterocycles. The van der Waals surface area contributed by atoms with Crippen molar-refractivity contribution >= 4 is 11.6 Å². The number of guanidine groups is 1. The SMILES string of the molecule is CN=C(NCCc1ccc2c(c1)CCO2)NC1CCN(c2cc(OC)cc(OC)c2)CC1. The van der Waals surface area contributed by atoms with Crippen LogP contribution in [-0.2, 0) is 12.8 Å². The molecular formula is C25H34N4O3. The van der Waals surface area contributed by atoms with Gasteiger partial charge in [-0.25, -0.2) is 0 Å². The van der Waals surface area contributed by atoms with Crippen molar-refractivity contribution in [3.05, 3.63) is 47.5 Å². The van der Waals surface area contributed by atoms with E-state index in [4.69, 9.17) is 14.2 Å². The number of fused-ring (bicyclic) bond motifs is 1. The number of rotatable bonds is 7. The third-order valence-corrected chi connectivity index (χ3v) is 6.22. The van der Waals surface area contributed by atoms with Crippen LogP contribution in [0.5, 0.6) is 17.2 Å². The Bertz CT molecular complexity index is 917. The molecule has 2 aromatic carbocycles. The molecule has 0 unspecified atom stereocenters. The summed E-state index contributed by atoms with van der Waals surface area (Å²) in [7, 11) is 5.21. The number of nitrogens with one attached hydrogen (secondary N) is 2. The second-order valence-corrected chi connectivity index (χ2v) is 8.27. The summed E-state index contributed by atoms with van der Waals surface area (Å²) in [6.45, 7) is 3.60. The molecule has 7 nitrogen and oxygen atoms in total. The van der Waals surface area contributed by atoms with Gasteiger partial charge >= 0.3 is 0 Å². The maximum Gasteiger partial charge on any atom is 0.191 e. The molecular weight excluding hydrogens is 404 g/mol. The van der Waals surface area contributed by atoms with E-state index < -0.39 is 0 Å². The summed E-state index contributed by atoms with van der Waals surface area (Å²) < 4.78 is 16.4. The minimum atomic E-state index is 0.405. The summed E-state index contributed by atoms with van der Waals surface area (Å²) in [5.74, 6) is 3.55. The highest BCUT2D eigenvalue weighted by atomic mass is 16.5. The van der Waals surface area contributed by atoms with Crippen molar-refractivity contribution in [1.82, 2.24) is 10.6 Å². The number of hydrogen-bond acceptors (Lipinski definition) is 5. The van der Waals surface area contributed by atoms with Crippen LogP contribution in [0.4, 0.5) is 5.69 Å². The molecule has 1 saturated heterocycles. The van der Waals surface area contributed by atoms with Gasteiger partial charge in [-0.3, -0.25) is 4.99 Å². The van der Waals surface area contributed by atoms with Crippen LogP contribution in [0.1, 0.15) is 24.0 Å². The summed E-state index contributed by atoms with van der Waals surface area (Å²) in [5.41, 5.74) is 3.80. The average Bonchev–Trinajstić information content (AvgIpc) is 3.31. The van der Waals surface area contributed by atoms with E-state index in [0.717, 1.165) is 80.8 Å². The van der Waals surface area contributed by atoms with Gasteiger partial charge in [-0.05, 0) is 36.5 Å². The molecule has 0 aliphatic carbocycles. The number of nitrogens with zero attached hydrogens (tertiary/aromatic N) is 2. The lowest BCUT2D eigenvalue weighted by molar-refractivity contribution is 0.357. The topological polar surface area (TPSA) is 67.4 Å². The Morgan fingerprint density at radius 3 is 2.53 bits per heavy atom. The number of benzene rings is 2. The summed E-state index contributed by atoms with van der Waals surface area (Å²) in [5, 5.41) is 7.06. The molecule has 2 aromatic rings. The van der Waals surface area contributed by atoms with Crippen LogP contribution in [0.3, 0.4) is 0 Å². The molecule has 2 N–H and O–H groups in total. The van der Waals surface area contributed by atoms with Crippen molar-refractivity contribution < 1.29 is 14.2 Å². The first-order chi connectivity index (χ1) is 15.7. The number of hydrogen-bond donors (Lipinski definition) is 2. The van der Waals surface area contributed by atoms with Crippen LogP contribution in [0.25, 0.3) is 0 Å². The lowest BCUT2D eigenvalue weighted by atomic mass is 10.0. The highest BCUT2D eigenvalue weighted by molar-refractivity contribution is 5.80. The van der Waals surface area contributed by atoms with Crippen molar-refractivity contribution in [3.8, 4) is 17.2 Å². The Morgan fingerprint density at radius 2 is 1.84 bits per heavy atom. The van der Waals surface area contributed by atoms with Crippen LogP contribution in [0.2, 0.25) is 0 Å². The van der Waals surface area contributed by atoms with Gasteiger partial charge < -0.3 is 29.7 Å². The van der Waals surface area contributed by atoms with Gasteiger partial charge in [-0.2, -0.15) is 0 Å². The number of ether oxygens (including phenoxy) is 3. The highest BCUT2D eigenvalue weighted by Crippen LogP contribution is 2.30. The third-order valence-electron chi connectivity index (χ3n) is 6.22. The molecule has 32 heavy (non-hydrogen) atoms. The summed E-state index contributed by atoms with van der Waals surface area (Å²) in [6.07, 6.45) is 4.07. The molecule has 0 spiro atoms. The first-order valence-corrected chi connectivity index (χ1v) is 11.4. The van der Waals surface area contributed by atoms with E-state index in [-0.39, 0.29) is 0 Å². The minimum Gasteiger partial charge on any atom is -0.497 e. The van der Waals surface area contributed by atoms with E-state index in [1.807, 2.05) is 13.1 Å². The van der Waals surface area contributed by atoms with E-state index in [1.165, 1.54) is 11.1 Å². The van der Waals surface area contributed by atoms with Crippen LogP contribution >= 0.6 is 0 Å². The Balaban J connectivity index is 1.24. The molecule has 7 heteroatoms. The first-order valence-electron chi connectivity index (χ1n) is 11.4. The standard InChI is InChI=1S/C25H34N4O3/c1-26-25(27-10-6-18-4-5-24-19(14-18)9-13-32-24)28-20-7-11-29(12-8-20)21-15-22(30-2)17-23(16-21)31-3/h4-5,14-17,20H,6-13H2,1-3H3,(H2,26,27,28). The molecule has 4 rings (SSSR count). The summed E-state index contributed by atoms with van der Waals surface area (Å²) in [4.78, 5) is 6.81. The van der Waals surface area contributed by atoms with Crippen molar-refractivity contribution in [2.75, 3.05) is 52.4 Å². The maximum atomic E-state index is 5.60. The van der Waals surface area contributed by atoms with Gasteiger partial charge in [0.2, 0.25) is 0 Å². The Labute approximate surface area is 190 Å². The van der Waals surface area contributed by atoms with Gasteiger partial charge in [0.25, 0.3) is 0 Å². The van der Waals surface area contributed by atoms with E-state index in [0.29, 0.717) is 6.04 Å². The number of anilines is 1. The second-order valence-electron chi connectivity index (χ2n) is 8.27. The van der Waals surface area contributed by atoms with Crippen LogP contribution < -0.4 is 29.7 Å². The predicted molar refractivity (Wildman–Crippen MR) is 129 cm³/mol. The Kier molecular flexibility index (Phi) is 7.24. The van der Waals surface area contributed by atoms with E-state index in [9.17, 15) is 0 Å². The fraction of sp³-hybridized carbons (Fsp3) is 0.480. The zero-order chi connectivity index (χ0) is 22.3. The zero-order valence-corrected chi connectivity index (χ0v) is 19.3. The highest BCUT2D eigenvalue weighted by Gasteiger charge is 2.21. The monoisotopic (exact) mass is 438 g/mol. The number of aliphatic imine (C=N–C) groups is 1. The second kappa shape index (κ2) is 10.5. The van der Waals surface area contributed by atoms with Crippen molar-refractivity contribution in [2.24, 2.45) is 4.99 Å². The molecule has 0 saturated carbocycles. The Morgan fingerprint density at radius 1 is 1.09 bits per heavy atom. The van der Waals surface area contributed by atoms with Gasteiger partial charge in [-0.1, -0.05) is 12.1 Å². The van der Waals surface area contributed by atoms with E-state index >= 15 is 0 Å². The quantitative estimate of drug-likeness (QED) is 0.512. The van der Waals surface area contributed by atoms with Crippen molar-refractivity contribution in [1.29, 1.82) is 0 Å². The molecule has 2 heterocycles. The van der Waals surface area contributed by atoms with Gasteiger partial charge in [0, 0.05) is 63.0 Å². The minimum absolute atomic E-state index is 0.405. The van der Waals surface area contributed by atoms with Crippen LogP contribution in [0.15, 0.2) is 41.4 Å². The fourth-order valence-electron chi connectivity index (χ4n) is 4.37. The molecule has 1 fully saturated rings. The van der Waals surface area contributed by atoms with Gasteiger partial charge in [0.1, 0.15) is 17.2 Å². The van der Waals surface area contributed by atoms with Crippen LogP contribution in [-0.4, -0.2) is 59.5 Å². The van der Waals surface area contributed by atoms with Gasteiger partial charge in [0.05, 0.1) is 20.8 Å². The fourth-order valence-corrected chi connectivity index (χ4v) is 4.37. The maximum absolute atomic E-state index is 5.60. The van der Waals surface area contributed by atoms with Crippen LogP contribution in [0, 0.1) is 0 Å². The third kappa shape index (κ3) is 5.39. The molecule has 172 valence electrons. The molecule has 0 aromatic heterocycles. The molecule has 0 atom stereocenters. The predicted octanol–water partition coefficient (Wildman–Crippen LogP) is 3.02. The molecule has 2 aliphatic rings. The Hall–Kier alpha value is -3.09. The lowest BCUT2D eigenvalue weighted by Gasteiger charge is -2.34. The van der Waals surface area contributed by atoms with E-state index in [1.54, 1.807) is 14.2 Å². The summed E-state index contributed by atoms with van der Waals surface area (Å²) in [6, 6.07) is 13.0. The smallest absolute Gasteiger partial charge is 0.191 e. The lowest BCUT2D eigenvalue weighted by Crippen LogP contribution is -2.49. The zero-order valence-electron chi connectivity index (χ0n) is 19.3. The number of piperidine rings is 1. The molecule has 0 bridgehead atoms. The normalized spacial score (nSPS) is 16.3. The molecule has 0 amide bonds. The van der Waals surface area contributed by atoms with Gasteiger partial charge in [-0.15, -0.1) is 0 Å². The van der Waals surface area contributed by atoms with Crippen molar-refractivity contribution in [2.45, 2.75) is 31.7 Å². The van der Waals surface area contributed by atoms with Crippen molar-refractivity contribution in [3.63, 3.8) is 0 Å². The average molecular weight is 439 g/mol.